The summed E-state index contributed by atoms with van der Waals surface area (Å²) in [7, 11) is -0.823. The molecule has 1 aliphatic carbocycles. The predicted octanol–water partition coefficient (Wildman–Crippen LogP) is 1.82. The highest BCUT2D eigenvalue weighted by atomic mass is 32.2. The van der Waals surface area contributed by atoms with Crippen LogP contribution in [0, 0.1) is 5.41 Å². The maximum Gasteiger partial charge on any atom is 0.0691 e. The first-order valence-electron chi connectivity index (χ1n) is 6.75. The van der Waals surface area contributed by atoms with E-state index in [1.807, 2.05) is 0 Å². The van der Waals surface area contributed by atoms with Crippen molar-refractivity contribution < 1.29 is 8.95 Å². The Morgan fingerprint density at radius 2 is 2.12 bits per heavy atom. The summed E-state index contributed by atoms with van der Waals surface area (Å²) in [4.78, 5) is 0. The molecule has 2 N–H and O–H groups in total. The Kier molecular flexibility index (Phi) is 4.26. The molecule has 1 heterocycles. The van der Waals surface area contributed by atoms with E-state index < -0.39 is 10.8 Å². The van der Waals surface area contributed by atoms with E-state index in [4.69, 9.17) is 10.5 Å². The van der Waals surface area contributed by atoms with Crippen molar-refractivity contribution in [1.29, 1.82) is 0 Å². The van der Waals surface area contributed by atoms with Gasteiger partial charge in [-0.05, 0) is 31.1 Å². The summed E-state index contributed by atoms with van der Waals surface area (Å²) in [5.41, 5.74) is 6.43. The van der Waals surface area contributed by atoms with E-state index in [9.17, 15) is 4.21 Å². The van der Waals surface area contributed by atoms with Crippen LogP contribution in [0.3, 0.4) is 0 Å². The van der Waals surface area contributed by atoms with Gasteiger partial charge in [-0.25, -0.2) is 0 Å². The van der Waals surface area contributed by atoms with Crippen LogP contribution in [-0.4, -0.2) is 34.0 Å². The van der Waals surface area contributed by atoms with Crippen molar-refractivity contribution in [3.05, 3.63) is 0 Å². The van der Waals surface area contributed by atoms with Crippen LogP contribution in [0.2, 0.25) is 0 Å². The number of hydrogen-bond acceptors (Lipinski definition) is 3. The molecule has 0 spiro atoms. The second-order valence-corrected chi connectivity index (χ2v) is 7.83. The van der Waals surface area contributed by atoms with Gasteiger partial charge in [-0.1, -0.05) is 20.3 Å². The van der Waals surface area contributed by atoms with Gasteiger partial charge < -0.3 is 10.5 Å². The number of hydrogen-bond donors (Lipinski definition) is 1. The van der Waals surface area contributed by atoms with Crippen molar-refractivity contribution in [2.45, 2.75) is 63.3 Å². The van der Waals surface area contributed by atoms with E-state index in [0.29, 0.717) is 5.75 Å². The molecule has 4 atom stereocenters. The van der Waals surface area contributed by atoms with Crippen LogP contribution in [0.1, 0.15) is 46.0 Å². The Morgan fingerprint density at radius 3 is 2.76 bits per heavy atom. The molecule has 0 aromatic carbocycles. The van der Waals surface area contributed by atoms with Crippen LogP contribution < -0.4 is 5.73 Å². The first-order valence-corrected chi connectivity index (χ1v) is 8.13. The van der Waals surface area contributed by atoms with Crippen LogP contribution >= 0.6 is 0 Å². The van der Waals surface area contributed by atoms with E-state index in [-0.39, 0.29) is 22.8 Å². The first kappa shape index (κ1) is 13.5. The van der Waals surface area contributed by atoms with E-state index in [2.05, 4.69) is 13.8 Å². The monoisotopic (exact) mass is 259 g/mol. The lowest BCUT2D eigenvalue weighted by Crippen LogP contribution is -2.52. The van der Waals surface area contributed by atoms with Gasteiger partial charge in [0.05, 0.1) is 17.1 Å². The van der Waals surface area contributed by atoms with Gasteiger partial charge in [0.15, 0.2) is 0 Å². The maximum atomic E-state index is 12.4. The van der Waals surface area contributed by atoms with Crippen LogP contribution in [0.25, 0.3) is 0 Å². The molecule has 2 rings (SSSR count). The molecule has 4 heteroatoms. The van der Waals surface area contributed by atoms with Gasteiger partial charge in [0.1, 0.15) is 0 Å². The van der Waals surface area contributed by atoms with Gasteiger partial charge in [-0.3, -0.25) is 4.21 Å². The quantitative estimate of drug-likeness (QED) is 0.841. The lowest BCUT2D eigenvalue weighted by Gasteiger charge is -2.41. The lowest BCUT2D eigenvalue weighted by atomic mass is 9.73. The largest absolute Gasteiger partial charge is 0.377 e. The zero-order chi connectivity index (χ0) is 12.5. The number of nitrogens with two attached hydrogens (primary N) is 1. The summed E-state index contributed by atoms with van der Waals surface area (Å²) in [5, 5.41) is 0.169. The highest BCUT2D eigenvalue weighted by molar-refractivity contribution is 7.85. The third-order valence-corrected chi connectivity index (χ3v) is 6.23. The van der Waals surface area contributed by atoms with Crippen molar-refractivity contribution in [3.8, 4) is 0 Å². The zero-order valence-corrected chi connectivity index (χ0v) is 11.8. The Hall–Kier alpha value is 0.0700. The highest BCUT2D eigenvalue weighted by Crippen LogP contribution is 2.36. The topological polar surface area (TPSA) is 52.3 Å². The molecular formula is C13H25NO2S. The fourth-order valence-corrected chi connectivity index (χ4v) is 4.99. The summed E-state index contributed by atoms with van der Waals surface area (Å²) in [6.07, 6.45) is 5.73. The molecule has 0 amide bonds. The van der Waals surface area contributed by atoms with Crippen molar-refractivity contribution >= 4 is 10.8 Å². The highest BCUT2D eigenvalue weighted by Gasteiger charge is 2.39. The minimum Gasteiger partial charge on any atom is -0.377 e. The van der Waals surface area contributed by atoms with Gasteiger partial charge >= 0.3 is 0 Å². The normalized spacial score (nSPS) is 39.1. The second-order valence-electron chi connectivity index (χ2n) is 6.13. The Labute approximate surface area is 107 Å². The molecule has 2 fully saturated rings. The summed E-state index contributed by atoms with van der Waals surface area (Å²) in [6.45, 7) is 5.24. The molecule has 1 aliphatic heterocycles. The van der Waals surface area contributed by atoms with Crippen molar-refractivity contribution in [3.63, 3.8) is 0 Å². The van der Waals surface area contributed by atoms with Gasteiger partial charge in [0, 0.05) is 23.4 Å². The molecule has 2 aliphatic rings. The van der Waals surface area contributed by atoms with E-state index in [1.165, 1.54) is 0 Å². The third-order valence-electron chi connectivity index (χ3n) is 4.32. The van der Waals surface area contributed by atoms with E-state index in [1.54, 1.807) is 0 Å². The Bertz CT molecular complexity index is 287. The van der Waals surface area contributed by atoms with Crippen LogP contribution in [0.5, 0.6) is 0 Å². The minimum atomic E-state index is -0.823. The maximum absolute atomic E-state index is 12.4. The minimum absolute atomic E-state index is 0.0680. The molecule has 17 heavy (non-hydrogen) atoms. The molecular weight excluding hydrogens is 234 g/mol. The lowest BCUT2D eigenvalue weighted by molar-refractivity contribution is 0.127. The SMILES string of the molecule is CC1(C)CCCC(S(=O)CC2CCCO2)C1N. The van der Waals surface area contributed by atoms with Gasteiger partial charge in [-0.2, -0.15) is 0 Å². The Balaban J connectivity index is 1.93. The van der Waals surface area contributed by atoms with Crippen molar-refractivity contribution in [2.24, 2.45) is 11.1 Å². The second kappa shape index (κ2) is 5.37. The third kappa shape index (κ3) is 3.09. The van der Waals surface area contributed by atoms with Crippen LogP contribution in [0.15, 0.2) is 0 Å². The number of rotatable bonds is 3. The molecule has 3 nitrogen and oxygen atoms in total. The summed E-state index contributed by atoms with van der Waals surface area (Å²) in [6, 6.07) is 0.0680. The Morgan fingerprint density at radius 1 is 1.35 bits per heavy atom. The summed E-state index contributed by atoms with van der Waals surface area (Å²) < 4.78 is 18.0. The first-order chi connectivity index (χ1) is 8.00. The molecule has 1 saturated carbocycles. The van der Waals surface area contributed by atoms with Crippen molar-refractivity contribution in [2.75, 3.05) is 12.4 Å². The molecule has 4 unspecified atom stereocenters. The van der Waals surface area contributed by atoms with Gasteiger partial charge in [0.2, 0.25) is 0 Å². The zero-order valence-electron chi connectivity index (χ0n) is 11.0. The number of ether oxygens (including phenoxy) is 1. The van der Waals surface area contributed by atoms with Crippen molar-refractivity contribution in [1.82, 2.24) is 0 Å². The van der Waals surface area contributed by atoms with Crippen LogP contribution in [0.4, 0.5) is 0 Å². The van der Waals surface area contributed by atoms with Crippen LogP contribution in [-0.2, 0) is 15.5 Å². The standard InChI is InChI=1S/C13H25NO2S/c1-13(2)7-3-6-11(12(13)14)17(15)9-10-5-4-8-16-10/h10-12H,3-9,14H2,1-2H3. The molecule has 1 saturated heterocycles. The summed E-state index contributed by atoms with van der Waals surface area (Å²) >= 11 is 0. The predicted molar refractivity (Wildman–Crippen MR) is 71.4 cm³/mol. The fraction of sp³-hybridized carbons (Fsp3) is 1.00. The molecule has 0 aromatic rings. The average molecular weight is 259 g/mol. The van der Waals surface area contributed by atoms with Gasteiger partial charge in [0.25, 0.3) is 0 Å². The smallest absolute Gasteiger partial charge is 0.0691 e. The van der Waals surface area contributed by atoms with E-state index in [0.717, 1.165) is 38.7 Å². The summed E-state index contributed by atoms with van der Waals surface area (Å²) in [5.74, 6) is 0.689. The van der Waals surface area contributed by atoms with Gasteiger partial charge in [-0.15, -0.1) is 0 Å². The average Bonchev–Trinajstić information content (AvgIpc) is 2.74. The molecule has 0 aromatic heterocycles. The van der Waals surface area contributed by atoms with E-state index >= 15 is 0 Å². The molecule has 0 bridgehead atoms. The fourth-order valence-electron chi connectivity index (χ4n) is 2.99. The molecule has 0 radical (unpaired) electrons. The molecule has 100 valence electrons.